The number of alkyl halides is 3. The summed E-state index contributed by atoms with van der Waals surface area (Å²) in [5.41, 5.74) is -0.143. The fourth-order valence-electron chi connectivity index (χ4n) is 3.75. The Morgan fingerprint density at radius 1 is 1.16 bits per heavy atom. The van der Waals surface area contributed by atoms with Crippen molar-refractivity contribution in [1.82, 2.24) is 14.8 Å². The number of rotatable bonds is 3. The smallest absolute Gasteiger partial charge is 0.471 e. The zero-order valence-electron chi connectivity index (χ0n) is 17.7. The third-order valence-corrected chi connectivity index (χ3v) is 5.11. The number of piperidine rings is 1. The molecule has 0 unspecified atom stereocenters. The molecule has 0 N–H and O–H groups in total. The summed E-state index contributed by atoms with van der Waals surface area (Å²) in [5.74, 6) is -0.792. The van der Waals surface area contributed by atoms with Crippen molar-refractivity contribution < 1.29 is 37.0 Å². The van der Waals surface area contributed by atoms with E-state index in [1.807, 2.05) is 20.8 Å². The second-order valence-corrected chi connectivity index (χ2v) is 8.44. The van der Waals surface area contributed by atoms with Gasteiger partial charge >= 0.3 is 18.2 Å². The lowest BCUT2D eigenvalue weighted by Gasteiger charge is -2.44. The number of aromatic nitrogens is 1. The van der Waals surface area contributed by atoms with Crippen molar-refractivity contribution >= 4 is 12.0 Å². The molecule has 0 bridgehead atoms. The highest BCUT2D eigenvalue weighted by Gasteiger charge is 2.45. The first-order valence-corrected chi connectivity index (χ1v) is 10.0. The normalized spacial score (nSPS) is 17.3. The number of hydrogen-bond acceptors (Lipinski definition) is 6. The van der Waals surface area contributed by atoms with Crippen LogP contribution >= 0.6 is 0 Å². The average molecular weight is 445 g/mol. The van der Waals surface area contributed by atoms with E-state index >= 15 is 0 Å². The maximum Gasteiger partial charge on any atom is 0.471 e. The number of carbonyl (C=O) groups excluding carboxylic acids is 2. The summed E-state index contributed by atoms with van der Waals surface area (Å²) in [6.07, 6.45) is -3.52. The minimum Gasteiger partial charge on any atom is -0.486 e. The van der Waals surface area contributed by atoms with E-state index in [4.69, 9.17) is 14.2 Å². The minimum atomic E-state index is -4.90. The zero-order valence-corrected chi connectivity index (χ0v) is 17.7. The highest BCUT2D eigenvalue weighted by atomic mass is 19.4. The Morgan fingerprint density at radius 3 is 2.35 bits per heavy atom. The topological polar surface area (TPSA) is 81.2 Å². The number of ether oxygens (including phenoxy) is 3. The van der Waals surface area contributed by atoms with E-state index in [9.17, 15) is 22.8 Å². The molecule has 3 rings (SSSR count). The Kier molecular flexibility index (Phi) is 6.51. The fourth-order valence-corrected chi connectivity index (χ4v) is 3.75. The van der Waals surface area contributed by atoms with E-state index in [2.05, 4.69) is 4.98 Å². The van der Waals surface area contributed by atoms with Crippen LogP contribution in [0.25, 0.3) is 0 Å². The lowest BCUT2D eigenvalue weighted by atomic mass is 9.97. The minimum absolute atomic E-state index is 0.0768. The lowest BCUT2D eigenvalue weighted by molar-refractivity contribution is -0.186. The molecule has 2 aliphatic heterocycles. The predicted octanol–water partition coefficient (Wildman–Crippen LogP) is 3.14. The second kappa shape index (κ2) is 8.80. The molecule has 31 heavy (non-hydrogen) atoms. The van der Waals surface area contributed by atoms with Crippen LogP contribution in [0.4, 0.5) is 18.0 Å². The largest absolute Gasteiger partial charge is 0.486 e. The molecular formula is C20H26F3N3O5. The van der Waals surface area contributed by atoms with Crippen LogP contribution in [0, 0.1) is 0 Å². The molecule has 0 atom stereocenters. The van der Waals surface area contributed by atoms with E-state index in [0.29, 0.717) is 30.4 Å². The highest BCUT2D eigenvalue weighted by molar-refractivity contribution is 5.82. The summed E-state index contributed by atoms with van der Waals surface area (Å²) in [6.45, 7) is 6.09. The van der Waals surface area contributed by atoms with E-state index in [1.54, 1.807) is 6.07 Å². The van der Waals surface area contributed by atoms with E-state index in [-0.39, 0.29) is 38.6 Å². The van der Waals surface area contributed by atoms with Gasteiger partial charge in [0.25, 0.3) is 0 Å². The Labute approximate surface area is 178 Å². The molecule has 1 saturated heterocycles. The third kappa shape index (κ3) is 5.50. The van der Waals surface area contributed by atoms with Gasteiger partial charge in [0.2, 0.25) is 0 Å². The first kappa shape index (κ1) is 23.0. The quantitative estimate of drug-likeness (QED) is 0.711. The van der Waals surface area contributed by atoms with E-state index < -0.39 is 23.7 Å². The molecule has 1 aromatic heterocycles. The molecule has 172 valence electrons. The van der Waals surface area contributed by atoms with Crippen LogP contribution in [0.2, 0.25) is 0 Å². The average Bonchev–Trinajstić information content (AvgIpc) is 2.70. The molecule has 2 aliphatic rings. The van der Waals surface area contributed by atoms with Crippen molar-refractivity contribution in [3.63, 3.8) is 0 Å². The maximum atomic E-state index is 12.9. The van der Waals surface area contributed by atoms with Gasteiger partial charge in [-0.3, -0.25) is 9.78 Å². The second-order valence-electron chi connectivity index (χ2n) is 8.44. The van der Waals surface area contributed by atoms with Gasteiger partial charge in [0.05, 0.1) is 11.9 Å². The molecule has 0 aromatic carbocycles. The summed E-state index contributed by atoms with van der Waals surface area (Å²) in [5, 5.41) is 0. The number of pyridine rings is 1. The zero-order chi connectivity index (χ0) is 22.8. The Bertz CT molecular complexity index is 817. The van der Waals surface area contributed by atoms with Crippen molar-refractivity contribution in [1.29, 1.82) is 0 Å². The number of halogens is 3. The summed E-state index contributed by atoms with van der Waals surface area (Å²) >= 11 is 0. The number of hydrogen-bond donors (Lipinski definition) is 0. The highest BCUT2D eigenvalue weighted by Crippen LogP contribution is 2.30. The van der Waals surface area contributed by atoms with Crippen molar-refractivity contribution in [2.75, 3.05) is 26.3 Å². The SMILES string of the molecule is CC(C)(C)N(C(=O)OCc1cc2c(cn1)OCCO2)C1CCN(C(=O)C(F)(F)F)CC1. The van der Waals surface area contributed by atoms with Gasteiger partial charge in [-0.25, -0.2) is 4.79 Å². The van der Waals surface area contributed by atoms with Crippen LogP contribution in [-0.4, -0.2) is 70.8 Å². The molecule has 2 amide bonds. The number of nitrogens with zero attached hydrogens (tertiary/aromatic N) is 3. The lowest BCUT2D eigenvalue weighted by Crippen LogP contribution is -2.56. The van der Waals surface area contributed by atoms with Crippen LogP contribution in [-0.2, 0) is 16.1 Å². The van der Waals surface area contributed by atoms with Gasteiger partial charge in [0, 0.05) is 30.7 Å². The fraction of sp³-hybridized carbons (Fsp3) is 0.650. The van der Waals surface area contributed by atoms with Crippen molar-refractivity contribution in [3.8, 4) is 11.5 Å². The van der Waals surface area contributed by atoms with E-state index in [1.165, 1.54) is 11.1 Å². The predicted molar refractivity (Wildman–Crippen MR) is 103 cm³/mol. The Morgan fingerprint density at radius 2 is 1.77 bits per heavy atom. The molecule has 0 saturated carbocycles. The van der Waals surface area contributed by atoms with E-state index in [0.717, 1.165) is 4.90 Å². The van der Waals surface area contributed by atoms with Crippen molar-refractivity contribution in [3.05, 3.63) is 18.0 Å². The van der Waals surface area contributed by atoms with Gasteiger partial charge in [-0.05, 0) is 33.6 Å². The monoisotopic (exact) mass is 445 g/mol. The van der Waals surface area contributed by atoms with Gasteiger partial charge < -0.3 is 24.0 Å². The number of carbonyl (C=O) groups is 2. The molecular weight excluding hydrogens is 419 g/mol. The summed E-state index contributed by atoms with van der Waals surface area (Å²) < 4.78 is 54.4. The molecule has 0 spiro atoms. The van der Waals surface area contributed by atoms with Crippen LogP contribution < -0.4 is 9.47 Å². The molecule has 3 heterocycles. The van der Waals surface area contributed by atoms with Crippen LogP contribution in [0.3, 0.4) is 0 Å². The Balaban J connectivity index is 1.62. The molecule has 8 nitrogen and oxygen atoms in total. The van der Waals surface area contributed by atoms with Crippen LogP contribution in [0.1, 0.15) is 39.3 Å². The van der Waals surface area contributed by atoms with Crippen LogP contribution in [0.15, 0.2) is 12.3 Å². The Hall–Kier alpha value is -2.72. The van der Waals surface area contributed by atoms with Gasteiger partial charge in [-0.1, -0.05) is 0 Å². The number of amides is 2. The summed E-state index contributed by atoms with van der Waals surface area (Å²) in [7, 11) is 0. The van der Waals surface area contributed by atoms with Crippen molar-refractivity contribution in [2.24, 2.45) is 0 Å². The number of likely N-dealkylation sites (tertiary alicyclic amines) is 1. The van der Waals surface area contributed by atoms with Gasteiger partial charge in [-0.15, -0.1) is 0 Å². The molecule has 0 radical (unpaired) electrons. The first-order valence-electron chi connectivity index (χ1n) is 10.0. The molecule has 0 aliphatic carbocycles. The summed E-state index contributed by atoms with van der Waals surface area (Å²) in [6, 6.07) is 1.29. The maximum absolute atomic E-state index is 12.9. The molecule has 11 heteroatoms. The molecule has 1 aromatic rings. The molecule has 1 fully saturated rings. The standard InChI is InChI=1S/C20H26F3N3O5/c1-19(2,3)26(14-4-6-25(7-5-14)17(27)20(21,22)23)18(28)31-12-13-10-15-16(11-24-13)30-9-8-29-15/h10-11,14H,4-9,12H2,1-3H3. The van der Waals surface area contributed by atoms with Gasteiger partial charge in [0.1, 0.15) is 19.8 Å². The van der Waals surface area contributed by atoms with Gasteiger partial charge in [-0.2, -0.15) is 13.2 Å². The van der Waals surface area contributed by atoms with Crippen molar-refractivity contribution in [2.45, 2.75) is 58.0 Å². The first-order chi connectivity index (χ1) is 14.5. The third-order valence-electron chi connectivity index (χ3n) is 5.11. The summed E-state index contributed by atoms with van der Waals surface area (Å²) in [4.78, 5) is 30.9. The van der Waals surface area contributed by atoms with Gasteiger partial charge in [0.15, 0.2) is 11.5 Å². The number of fused-ring (bicyclic) bond motifs is 1. The van der Waals surface area contributed by atoms with Crippen LogP contribution in [0.5, 0.6) is 11.5 Å².